The summed E-state index contributed by atoms with van der Waals surface area (Å²) in [5.41, 5.74) is 2.43. The van der Waals surface area contributed by atoms with Crippen LogP contribution in [-0.2, 0) is 6.42 Å². The van der Waals surface area contributed by atoms with Gasteiger partial charge in [-0.25, -0.2) is 0 Å². The van der Waals surface area contributed by atoms with E-state index in [1.54, 1.807) is 0 Å². The van der Waals surface area contributed by atoms with Gasteiger partial charge in [0.25, 0.3) is 0 Å². The summed E-state index contributed by atoms with van der Waals surface area (Å²) in [6.07, 6.45) is 3.36. The van der Waals surface area contributed by atoms with Crippen molar-refractivity contribution < 1.29 is 4.52 Å². The van der Waals surface area contributed by atoms with E-state index in [0.717, 1.165) is 12.2 Å². The van der Waals surface area contributed by atoms with Gasteiger partial charge in [0.1, 0.15) is 6.04 Å². The van der Waals surface area contributed by atoms with Crippen molar-refractivity contribution in [2.24, 2.45) is 5.92 Å². The summed E-state index contributed by atoms with van der Waals surface area (Å²) in [5.74, 6) is 2.20. The molecule has 5 heteroatoms. The zero-order valence-electron chi connectivity index (χ0n) is 15.2. The number of benzene rings is 1. The quantitative estimate of drug-likeness (QED) is 0.844. The molecule has 2 heterocycles. The molecule has 3 rings (SSSR count). The second-order valence-corrected chi connectivity index (χ2v) is 7.28. The monoisotopic (exact) mass is 328 g/mol. The van der Waals surface area contributed by atoms with Crippen LogP contribution in [0.1, 0.15) is 41.7 Å². The van der Waals surface area contributed by atoms with Crippen LogP contribution >= 0.6 is 0 Å². The van der Waals surface area contributed by atoms with Crippen molar-refractivity contribution in [3.63, 3.8) is 0 Å². The van der Waals surface area contributed by atoms with E-state index in [1.165, 1.54) is 37.1 Å². The number of piperidine rings is 1. The van der Waals surface area contributed by atoms with Gasteiger partial charge in [0, 0.05) is 6.42 Å². The predicted molar refractivity (Wildman–Crippen MR) is 94.9 cm³/mol. The van der Waals surface area contributed by atoms with Gasteiger partial charge >= 0.3 is 0 Å². The number of hydrogen-bond donors (Lipinski definition) is 0. The topological polar surface area (TPSA) is 45.4 Å². The second-order valence-electron chi connectivity index (χ2n) is 7.28. The van der Waals surface area contributed by atoms with Crippen molar-refractivity contribution in [2.75, 3.05) is 34.2 Å². The third kappa shape index (κ3) is 4.02. The zero-order chi connectivity index (χ0) is 17.1. The highest BCUT2D eigenvalue weighted by atomic mass is 16.5. The minimum Gasteiger partial charge on any atom is -0.337 e. The van der Waals surface area contributed by atoms with Gasteiger partial charge < -0.3 is 9.42 Å². The Morgan fingerprint density at radius 2 is 2.04 bits per heavy atom. The van der Waals surface area contributed by atoms with Crippen molar-refractivity contribution >= 4 is 0 Å². The molecule has 1 aromatic carbocycles. The lowest BCUT2D eigenvalue weighted by Gasteiger charge is -2.28. The van der Waals surface area contributed by atoms with Crippen molar-refractivity contribution in [1.82, 2.24) is 19.9 Å². The minimum absolute atomic E-state index is 0.00337. The van der Waals surface area contributed by atoms with Crippen LogP contribution in [0.4, 0.5) is 0 Å². The fourth-order valence-electron chi connectivity index (χ4n) is 3.49. The molecular formula is C19H28N4O. The molecular weight excluding hydrogens is 300 g/mol. The molecule has 0 amide bonds. The molecule has 0 saturated carbocycles. The number of nitrogens with zero attached hydrogens (tertiary/aromatic N) is 4. The average Bonchev–Trinajstić information content (AvgIpc) is 2.97. The highest BCUT2D eigenvalue weighted by Gasteiger charge is 2.25. The van der Waals surface area contributed by atoms with Crippen molar-refractivity contribution in [3.05, 3.63) is 47.1 Å². The molecule has 1 aliphatic heterocycles. The first-order chi connectivity index (χ1) is 11.5. The normalized spacial score (nSPS) is 18.2. The molecule has 0 N–H and O–H groups in total. The molecule has 130 valence electrons. The smallest absolute Gasteiger partial charge is 0.248 e. The van der Waals surface area contributed by atoms with Crippen LogP contribution in [0.25, 0.3) is 0 Å². The van der Waals surface area contributed by atoms with Crippen molar-refractivity contribution in [3.8, 4) is 0 Å². The lowest BCUT2D eigenvalue weighted by atomic mass is 9.93. The number of likely N-dealkylation sites (tertiary alicyclic amines) is 1. The summed E-state index contributed by atoms with van der Waals surface area (Å²) in [6, 6.07) is 8.50. The number of aryl methyl sites for hydroxylation is 1. The summed E-state index contributed by atoms with van der Waals surface area (Å²) in [6.45, 7) is 4.44. The van der Waals surface area contributed by atoms with Crippen molar-refractivity contribution in [2.45, 2.75) is 32.2 Å². The summed E-state index contributed by atoms with van der Waals surface area (Å²) in [7, 11) is 6.29. The fourth-order valence-corrected chi connectivity index (χ4v) is 3.49. The second kappa shape index (κ2) is 7.45. The molecule has 0 unspecified atom stereocenters. The Morgan fingerprint density at radius 1 is 1.29 bits per heavy atom. The largest absolute Gasteiger partial charge is 0.337 e. The molecule has 24 heavy (non-hydrogen) atoms. The lowest BCUT2D eigenvalue weighted by molar-refractivity contribution is 0.216. The minimum atomic E-state index is 0.00337. The third-order valence-electron chi connectivity index (χ3n) is 4.90. The van der Waals surface area contributed by atoms with Crippen LogP contribution in [0, 0.1) is 12.8 Å². The first kappa shape index (κ1) is 17.1. The SMILES string of the molecule is Cc1cccc([C@H](c2nc(CC3CCN(C)CC3)no2)N(C)C)c1. The number of aromatic nitrogens is 2. The first-order valence-electron chi connectivity index (χ1n) is 8.77. The van der Waals surface area contributed by atoms with Gasteiger partial charge in [-0.3, -0.25) is 4.90 Å². The average molecular weight is 328 g/mol. The molecule has 0 aliphatic carbocycles. The van der Waals surface area contributed by atoms with E-state index in [0.29, 0.717) is 11.8 Å². The Morgan fingerprint density at radius 3 is 2.71 bits per heavy atom. The predicted octanol–water partition coefficient (Wildman–Crippen LogP) is 2.91. The summed E-state index contributed by atoms with van der Waals surface area (Å²) >= 11 is 0. The van der Waals surface area contributed by atoms with E-state index < -0.39 is 0 Å². The molecule has 1 atom stereocenters. The summed E-state index contributed by atoms with van der Waals surface area (Å²) in [4.78, 5) is 9.23. The summed E-state index contributed by atoms with van der Waals surface area (Å²) in [5, 5.41) is 4.25. The molecule has 0 spiro atoms. The molecule has 2 aromatic rings. The van der Waals surface area contributed by atoms with Crippen LogP contribution in [0.2, 0.25) is 0 Å². The molecule has 1 aromatic heterocycles. The molecule has 1 saturated heterocycles. The molecule has 5 nitrogen and oxygen atoms in total. The van der Waals surface area contributed by atoms with Crippen LogP contribution in [0.5, 0.6) is 0 Å². The van der Waals surface area contributed by atoms with E-state index in [9.17, 15) is 0 Å². The third-order valence-corrected chi connectivity index (χ3v) is 4.90. The summed E-state index contributed by atoms with van der Waals surface area (Å²) < 4.78 is 5.63. The van der Waals surface area contributed by atoms with Gasteiger partial charge in [-0.2, -0.15) is 4.98 Å². The maximum Gasteiger partial charge on any atom is 0.248 e. The Bertz CT molecular complexity index is 659. The highest BCUT2D eigenvalue weighted by molar-refractivity contribution is 5.28. The van der Waals surface area contributed by atoms with Gasteiger partial charge in [0.05, 0.1) is 0 Å². The molecule has 0 radical (unpaired) electrons. The van der Waals surface area contributed by atoms with E-state index in [2.05, 4.69) is 53.2 Å². The van der Waals surface area contributed by atoms with E-state index >= 15 is 0 Å². The highest BCUT2D eigenvalue weighted by Crippen LogP contribution is 2.27. The van der Waals surface area contributed by atoms with Gasteiger partial charge in [0.2, 0.25) is 5.89 Å². The van der Waals surface area contributed by atoms with Crippen LogP contribution in [0.15, 0.2) is 28.8 Å². The maximum absolute atomic E-state index is 5.63. The first-order valence-corrected chi connectivity index (χ1v) is 8.77. The fraction of sp³-hybridized carbons (Fsp3) is 0.579. The van der Waals surface area contributed by atoms with Crippen LogP contribution < -0.4 is 0 Å². The Balaban J connectivity index is 1.74. The zero-order valence-corrected chi connectivity index (χ0v) is 15.2. The molecule has 0 bridgehead atoms. The molecule has 1 fully saturated rings. The Kier molecular flexibility index (Phi) is 5.31. The van der Waals surface area contributed by atoms with E-state index in [4.69, 9.17) is 9.51 Å². The van der Waals surface area contributed by atoms with Gasteiger partial charge in [-0.05, 0) is 65.5 Å². The standard InChI is InChI=1S/C19H28N4O/c1-14-6-5-7-16(12-14)18(22(2)3)19-20-17(21-24-19)13-15-8-10-23(4)11-9-15/h5-7,12,15,18H,8-11,13H2,1-4H3/t18-/m1/s1. The Hall–Kier alpha value is -1.72. The van der Waals surface area contributed by atoms with Crippen molar-refractivity contribution in [1.29, 1.82) is 0 Å². The lowest BCUT2D eigenvalue weighted by Crippen LogP contribution is -2.31. The number of rotatable bonds is 5. The van der Waals surface area contributed by atoms with Gasteiger partial charge in [0.15, 0.2) is 5.82 Å². The van der Waals surface area contributed by atoms with E-state index in [-0.39, 0.29) is 6.04 Å². The number of hydrogen-bond acceptors (Lipinski definition) is 5. The van der Waals surface area contributed by atoms with Crippen LogP contribution in [-0.4, -0.2) is 54.2 Å². The Labute approximate surface area is 144 Å². The van der Waals surface area contributed by atoms with Crippen LogP contribution in [0.3, 0.4) is 0 Å². The molecule has 1 aliphatic rings. The van der Waals surface area contributed by atoms with Gasteiger partial charge in [-0.15, -0.1) is 0 Å². The van der Waals surface area contributed by atoms with E-state index in [1.807, 2.05) is 14.1 Å². The van der Waals surface area contributed by atoms with Gasteiger partial charge in [-0.1, -0.05) is 35.0 Å². The maximum atomic E-state index is 5.63.